The lowest BCUT2D eigenvalue weighted by atomic mass is 10.1. The van der Waals surface area contributed by atoms with E-state index in [4.69, 9.17) is 0 Å². The summed E-state index contributed by atoms with van der Waals surface area (Å²) in [6.07, 6.45) is 0.670. The van der Waals surface area contributed by atoms with Crippen LogP contribution >= 0.6 is 11.8 Å². The quantitative estimate of drug-likeness (QED) is 0.806. The smallest absolute Gasteiger partial charge is 0.321 e. The number of benzene rings is 1. The second-order valence-corrected chi connectivity index (χ2v) is 6.26. The summed E-state index contributed by atoms with van der Waals surface area (Å²) >= 11 is 1.26. The maximum atomic E-state index is 11.9. The van der Waals surface area contributed by atoms with E-state index in [1.54, 1.807) is 6.92 Å². The van der Waals surface area contributed by atoms with Gasteiger partial charge in [0.15, 0.2) is 5.16 Å². The van der Waals surface area contributed by atoms with Crippen molar-refractivity contribution in [2.45, 2.75) is 23.8 Å². The van der Waals surface area contributed by atoms with Gasteiger partial charge < -0.3 is 9.88 Å². The largest absolute Gasteiger partial charge is 0.341 e. The Balaban J connectivity index is 2.01. The molecule has 0 aliphatic rings. The Morgan fingerprint density at radius 3 is 2.61 bits per heavy atom. The summed E-state index contributed by atoms with van der Waals surface area (Å²) in [4.78, 5) is 23.0. The minimum absolute atomic E-state index is 0.373. The number of hydrogen-bond donors (Lipinski definition) is 2. The van der Waals surface area contributed by atoms with E-state index >= 15 is 0 Å². The Morgan fingerprint density at radius 1 is 1.26 bits per heavy atom. The number of rotatable bonds is 5. The molecule has 2 aromatic rings. The van der Waals surface area contributed by atoms with E-state index in [1.165, 1.54) is 18.8 Å². The number of aromatic nitrogens is 3. The van der Waals surface area contributed by atoms with Crippen molar-refractivity contribution in [2.75, 3.05) is 7.05 Å². The van der Waals surface area contributed by atoms with Crippen molar-refractivity contribution in [1.82, 2.24) is 25.4 Å². The standard InChI is InChI=1S/C15H19N5O2S/c1-10(13(21)17-14(22)16-2)23-15-19-18-12(20(15)3)9-11-7-5-4-6-8-11/h4-8,10H,9H2,1-3H3,(H2,16,17,21,22). The highest BCUT2D eigenvalue weighted by atomic mass is 32.2. The molecule has 0 saturated carbocycles. The number of carbonyl (C=O) groups excluding carboxylic acids is 2. The highest BCUT2D eigenvalue weighted by Crippen LogP contribution is 2.22. The molecule has 1 unspecified atom stereocenters. The summed E-state index contributed by atoms with van der Waals surface area (Å²) in [6.45, 7) is 1.72. The molecule has 2 N–H and O–H groups in total. The molecule has 1 heterocycles. The molecule has 0 bridgehead atoms. The third kappa shape index (κ3) is 4.56. The number of nitrogens with zero attached hydrogens (tertiary/aromatic N) is 3. The Morgan fingerprint density at radius 2 is 1.96 bits per heavy atom. The van der Waals surface area contributed by atoms with Crippen LogP contribution in [0, 0.1) is 0 Å². The van der Waals surface area contributed by atoms with Crippen molar-refractivity contribution in [3.05, 3.63) is 41.7 Å². The minimum Gasteiger partial charge on any atom is -0.341 e. The molecule has 2 rings (SSSR count). The molecule has 0 fully saturated rings. The highest BCUT2D eigenvalue weighted by Gasteiger charge is 2.20. The van der Waals surface area contributed by atoms with Gasteiger partial charge in [-0.3, -0.25) is 10.1 Å². The maximum Gasteiger partial charge on any atom is 0.321 e. The van der Waals surface area contributed by atoms with Gasteiger partial charge in [0.1, 0.15) is 5.82 Å². The lowest BCUT2D eigenvalue weighted by Crippen LogP contribution is -2.41. The van der Waals surface area contributed by atoms with Crippen molar-refractivity contribution < 1.29 is 9.59 Å². The fourth-order valence-corrected chi connectivity index (χ4v) is 2.70. The van der Waals surface area contributed by atoms with E-state index in [1.807, 2.05) is 41.9 Å². The van der Waals surface area contributed by atoms with E-state index in [-0.39, 0.29) is 5.91 Å². The van der Waals surface area contributed by atoms with Crippen molar-refractivity contribution >= 4 is 23.7 Å². The zero-order valence-electron chi connectivity index (χ0n) is 13.2. The van der Waals surface area contributed by atoms with Gasteiger partial charge in [-0.15, -0.1) is 10.2 Å². The molecular formula is C15H19N5O2S. The Bertz CT molecular complexity index is 686. The average Bonchev–Trinajstić information content (AvgIpc) is 2.88. The predicted molar refractivity (Wildman–Crippen MR) is 88.2 cm³/mol. The van der Waals surface area contributed by atoms with Crippen LogP contribution in [0.15, 0.2) is 35.5 Å². The monoisotopic (exact) mass is 333 g/mol. The molecule has 1 aromatic carbocycles. The van der Waals surface area contributed by atoms with E-state index in [0.29, 0.717) is 11.6 Å². The van der Waals surface area contributed by atoms with Gasteiger partial charge in [0.05, 0.1) is 5.25 Å². The summed E-state index contributed by atoms with van der Waals surface area (Å²) in [6, 6.07) is 9.46. The van der Waals surface area contributed by atoms with Crippen LogP contribution in [-0.4, -0.2) is 39.0 Å². The molecule has 1 atom stereocenters. The molecule has 0 aliphatic carbocycles. The van der Waals surface area contributed by atoms with Crippen LogP contribution in [-0.2, 0) is 18.3 Å². The maximum absolute atomic E-state index is 11.9. The van der Waals surface area contributed by atoms with E-state index in [0.717, 1.165) is 11.4 Å². The van der Waals surface area contributed by atoms with E-state index < -0.39 is 11.3 Å². The van der Waals surface area contributed by atoms with Crippen LogP contribution in [0.4, 0.5) is 4.79 Å². The summed E-state index contributed by atoms with van der Waals surface area (Å²) in [5.74, 6) is 0.444. The predicted octanol–water partition coefficient (Wildman–Crippen LogP) is 1.34. The molecule has 0 radical (unpaired) electrons. The molecule has 23 heavy (non-hydrogen) atoms. The van der Waals surface area contributed by atoms with Crippen LogP contribution in [0.5, 0.6) is 0 Å². The zero-order valence-corrected chi connectivity index (χ0v) is 14.1. The zero-order chi connectivity index (χ0) is 16.8. The number of carbonyl (C=O) groups is 2. The van der Waals surface area contributed by atoms with E-state index in [2.05, 4.69) is 20.8 Å². The fourth-order valence-electron chi connectivity index (χ4n) is 1.87. The minimum atomic E-state index is -0.523. The summed E-state index contributed by atoms with van der Waals surface area (Å²) < 4.78 is 1.86. The molecule has 122 valence electrons. The summed E-state index contributed by atoms with van der Waals surface area (Å²) in [7, 11) is 3.32. The van der Waals surface area contributed by atoms with Crippen molar-refractivity contribution in [3.63, 3.8) is 0 Å². The van der Waals surface area contributed by atoms with Crippen LogP contribution in [0.2, 0.25) is 0 Å². The molecule has 0 saturated heterocycles. The van der Waals surface area contributed by atoms with Gasteiger partial charge >= 0.3 is 6.03 Å². The number of thioether (sulfide) groups is 1. The van der Waals surface area contributed by atoms with E-state index in [9.17, 15) is 9.59 Å². The normalized spacial score (nSPS) is 11.8. The van der Waals surface area contributed by atoms with Gasteiger partial charge in [0.25, 0.3) is 0 Å². The van der Waals surface area contributed by atoms with Crippen molar-refractivity contribution in [1.29, 1.82) is 0 Å². The lowest BCUT2D eigenvalue weighted by Gasteiger charge is -2.10. The third-order valence-electron chi connectivity index (χ3n) is 3.25. The van der Waals surface area contributed by atoms with Crippen LogP contribution < -0.4 is 10.6 Å². The second kappa shape index (κ2) is 7.77. The lowest BCUT2D eigenvalue weighted by molar-refractivity contribution is -0.119. The molecule has 0 spiro atoms. The molecule has 8 heteroatoms. The van der Waals surface area contributed by atoms with Gasteiger partial charge in [0, 0.05) is 20.5 Å². The number of amides is 3. The number of urea groups is 1. The number of nitrogens with one attached hydrogen (secondary N) is 2. The summed E-state index contributed by atoms with van der Waals surface area (Å²) in [5, 5.41) is 13.1. The average molecular weight is 333 g/mol. The van der Waals surface area contributed by atoms with Gasteiger partial charge in [-0.1, -0.05) is 42.1 Å². The van der Waals surface area contributed by atoms with Gasteiger partial charge in [-0.2, -0.15) is 0 Å². The number of hydrogen-bond acceptors (Lipinski definition) is 5. The molecule has 7 nitrogen and oxygen atoms in total. The first-order valence-corrected chi connectivity index (χ1v) is 8.00. The third-order valence-corrected chi connectivity index (χ3v) is 4.38. The first kappa shape index (κ1) is 17.0. The topological polar surface area (TPSA) is 88.9 Å². The summed E-state index contributed by atoms with van der Waals surface area (Å²) in [5.41, 5.74) is 1.14. The first-order chi connectivity index (χ1) is 11.0. The second-order valence-electron chi connectivity index (χ2n) is 4.95. The molecule has 3 amide bonds. The van der Waals surface area contributed by atoms with Crippen LogP contribution in [0.3, 0.4) is 0 Å². The van der Waals surface area contributed by atoms with Crippen LogP contribution in [0.1, 0.15) is 18.3 Å². The van der Waals surface area contributed by atoms with Crippen LogP contribution in [0.25, 0.3) is 0 Å². The fraction of sp³-hybridized carbons (Fsp3) is 0.333. The Hall–Kier alpha value is -2.35. The Labute approximate surface area is 138 Å². The van der Waals surface area contributed by atoms with Gasteiger partial charge in [-0.25, -0.2) is 4.79 Å². The van der Waals surface area contributed by atoms with Gasteiger partial charge in [-0.05, 0) is 12.5 Å². The SMILES string of the molecule is CNC(=O)NC(=O)C(C)Sc1nnc(Cc2ccccc2)n1C. The number of imide groups is 1. The van der Waals surface area contributed by atoms with Crippen molar-refractivity contribution in [3.8, 4) is 0 Å². The first-order valence-electron chi connectivity index (χ1n) is 7.12. The molecular weight excluding hydrogens is 314 g/mol. The molecule has 0 aliphatic heterocycles. The van der Waals surface area contributed by atoms with Crippen molar-refractivity contribution in [2.24, 2.45) is 7.05 Å². The van der Waals surface area contributed by atoms with Gasteiger partial charge in [0.2, 0.25) is 5.91 Å². The Kier molecular flexibility index (Phi) is 5.75. The molecule has 1 aromatic heterocycles. The highest BCUT2D eigenvalue weighted by molar-refractivity contribution is 8.00.